The van der Waals surface area contributed by atoms with Crippen LogP contribution in [-0.4, -0.2) is 27.0 Å². The van der Waals surface area contributed by atoms with Crippen molar-refractivity contribution in [3.05, 3.63) is 5.51 Å². The average Bonchev–Trinajstić information content (AvgIpc) is 2.81. The van der Waals surface area contributed by atoms with Crippen LogP contribution in [0.2, 0.25) is 0 Å². The van der Waals surface area contributed by atoms with Crippen LogP contribution in [0.25, 0.3) is 0 Å². The predicted octanol–water partition coefficient (Wildman–Crippen LogP) is 2.83. The molecule has 1 aliphatic rings. The molecule has 1 aliphatic carbocycles. The summed E-state index contributed by atoms with van der Waals surface area (Å²) in [4.78, 5) is 0. The highest BCUT2D eigenvalue weighted by Crippen LogP contribution is 2.38. The minimum absolute atomic E-state index is 0.343. The molecule has 6 heteroatoms. The molecule has 2 rings (SSSR count). The molecule has 1 aromatic rings. The lowest BCUT2D eigenvalue weighted by atomic mass is 9.82. The van der Waals surface area contributed by atoms with E-state index in [1.165, 1.54) is 0 Å². The molecule has 1 fully saturated rings. The van der Waals surface area contributed by atoms with Crippen molar-refractivity contribution in [2.75, 3.05) is 0 Å². The molecule has 0 aliphatic heterocycles. The Labute approximate surface area is 116 Å². The molecule has 1 N–H and O–H groups in total. The molecule has 18 heavy (non-hydrogen) atoms. The zero-order chi connectivity index (χ0) is 13.0. The van der Waals surface area contributed by atoms with Crippen LogP contribution < -0.4 is 5.32 Å². The van der Waals surface area contributed by atoms with E-state index in [2.05, 4.69) is 35.4 Å². The number of nitrogens with zero attached hydrogens (tertiary/aromatic N) is 3. The van der Waals surface area contributed by atoms with Gasteiger partial charge in [0.1, 0.15) is 11.0 Å². The normalized spacial score (nSPS) is 28.2. The zero-order valence-corrected chi connectivity index (χ0v) is 12.4. The predicted molar refractivity (Wildman–Crippen MR) is 74.6 cm³/mol. The minimum Gasteiger partial charge on any atom is -0.297 e. The number of nitriles is 1. The van der Waals surface area contributed by atoms with E-state index in [1.54, 1.807) is 28.6 Å². The first-order valence-corrected chi connectivity index (χ1v) is 8.01. The van der Waals surface area contributed by atoms with E-state index in [9.17, 15) is 5.26 Å². The monoisotopic (exact) mass is 282 g/mol. The van der Waals surface area contributed by atoms with E-state index in [0.29, 0.717) is 11.3 Å². The van der Waals surface area contributed by atoms with Gasteiger partial charge in [0.25, 0.3) is 0 Å². The maximum atomic E-state index is 9.49. The summed E-state index contributed by atoms with van der Waals surface area (Å²) in [6, 6.07) is 2.84. The fourth-order valence-electron chi connectivity index (χ4n) is 2.50. The second kappa shape index (κ2) is 6.00. The Bertz CT molecular complexity index is 412. The van der Waals surface area contributed by atoms with Gasteiger partial charge in [-0.05, 0) is 39.5 Å². The van der Waals surface area contributed by atoms with E-state index < -0.39 is 0 Å². The van der Waals surface area contributed by atoms with Crippen LogP contribution in [0.1, 0.15) is 39.5 Å². The van der Waals surface area contributed by atoms with E-state index in [0.717, 1.165) is 30.0 Å². The number of hydrogen-bond acceptors (Lipinski definition) is 6. The first kappa shape index (κ1) is 13.8. The van der Waals surface area contributed by atoms with Crippen molar-refractivity contribution >= 4 is 23.1 Å². The molecule has 1 heterocycles. The van der Waals surface area contributed by atoms with Crippen LogP contribution in [0.15, 0.2) is 9.85 Å². The second-order valence-corrected chi connectivity index (χ2v) is 7.41. The standard InChI is InChI=1S/C12H18N4S2/c1-9(2)15-12(7-13)5-3-4-10(6-12)18-11-16-14-8-17-11/h8-10,15H,3-6H2,1-2H3. The van der Waals surface area contributed by atoms with Crippen molar-refractivity contribution in [1.29, 1.82) is 5.26 Å². The summed E-state index contributed by atoms with van der Waals surface area (Å²) in [7, 11) is 0. The molecule has 2 unspecified atom stereocenters. The smallest absolute Gasteiger partial charge is 0.174 e. The van der Waals surface area contributed by atoms with Gasteiger partial charge in [-0.2, -0.15) is 5.26 Å². The van der Waals surface area contributed by atoms with Gasteiger partial charge < -0.3 is 0 Å². The van der Waals surface area contributed by atoms with Gasteiger partial charge in [0, 0.05) is 11.3 Å². The molecule has 0 amide bonds. The van der Waals surface area contributed by atoms with E-state index >= 15 is 0 Å². The van der Waals surface area contributed by atoms with Crippen molar-refractivity contribution in [2.45, 2.75) is 60.7 Å². The third-order valence-electron chi connectivity index (χ3n) is 3.09. The maximum absolute atomic E-state index is 9.49. The van der Waals surface area contributed by atoms with E-state index in [1.807, 2.05) is 0 Å². The van der Waals surface area contributed by atoms with Gasteiger partial charge in [0.05, 0.1) is 6.07 Å². The van der Waals surface area contributed by atoms with Crippen LogP contribution in [0.3, 0.4) is 0 Å². The van der Waals surface area contributed by atoms with Gasteiger partial charge in [-0.15, -0.1) is 10.2 Å². The molecule has 0 aromatic carbocycles. The summed E-state index contributed by atoms with van der Waals surface area (Å²) in [5.41, 5.74) is 1.41. The van der Waals surface area contributed by atoms with Gasteiger partial charge in [-0.25, -0.2) is 0 Å². The summed E-state index contributed by atoms with van der Waals surface area (Å²) >= 11 is 3.35. The van der Waals surface area contributed by atoms with Crippen LogP contribution in [0.4, 0.5) is 0 Å². The highest BCUT2D eigenvalue weighted by molar-refractivity contribution is 8.01. The van der Waals surface area contributed by atoms with Crippen LogP contribution in [-0.2, 0) is 0 Å². The van der Waals surface area contributed by atoms with Crippen molar-refractivity contribution in [1.82, 2.24) is 15.5 Å². The Morgan fingerprint density at radius 2 is 2.50 bits per heavy atom. The maximum Gasteiger partial charge on any atom is 0.174 e. The van der Waals surface area contributed by atoms with E-state index in [-0.39, 0.29) is 5.54 Å². The fraction of sp³-hybridized carbons (Fsp3) is 0.750. The first-order valence-electron chi connectivity index (χ1n) is 6.25. The second-order valence-electron chi connectivity index (χ2n) is 5.03. The quantitative estimate of drug-likeness (QED) is 0.920. The number of nitrogens with one attached hydrogen (secondary N) is 1. The topological polar surface area (TPSA) is 61.6 Å². The Morgan fingerprint density at radius 1 is 1.67 bits per heavy atom. The summed E-state index contributed by atoms with van der Waals surface area (Å²) in [5, 5.41) is 21.3. The molecule has 1 aromatic heterocycles. The summed E-state index contributed by atoms with van der Waals surface area (Å²) in [5.74, 6) is 0. The summed E-state index contributed by atoms with van der Waals surface area (Å²) in [6.45, 7) is 4.20. The molecule has 98 valence electrons. The average molecular weight is 282 g/mol. The molecule has 0 spiro atoms. The lowest BCUT2D eigenvalue weighted by molar-refractivity contribution is 0.284. The Hall–Kier alpha value is -0.640. The highest BCUT2D eigenvalue weighted by Gasteiger charge is 2.37. The number of thioether (sulfide) groups is 1. The SMILES string of the molecule is CC(C)NC1(C#N)CCCC(Sc2nncs2)C1. The van der Waals surface area contributed by atoms with Crippen molar-refractivity contribution in [2.24, 2.45) is 0 Å². The van der Waals surface area contributed by atoms with E-state index in [4.69, 9.17) is 0 Å². The molecule has 0 bridgehead atoms. The summed E-state index contributed by atoms with van der Waals surface area (Å²) < 4.78 is 1.01. The molecule has 1 saturated carbocycles. The largest absolute Gasteiger partial charge is 0.297 e. The fourth-order valence-corrected chi connectivity index (χ4v) is 4.57. The molecular weight excluding hydrogens is 264 g/mol. The number of rotatable bonds is 4. The molecule has 0 saturated heterocycles. The third-order valence-corrected chi connectivity index (χ3v) is 5.17. The lowest BCUT2D eigenvalue weighted by Gasteiger charge is -2.37. The zero-order valence-electron chi connectivity index (χ0n) is 10.7. The van der Waals surface area contributed by atoms with Gasteiger partial charge in [-0.1, -0.05) is 23.1 Å². The Balaban J connectivity index is 2.00. The van der Waals surface area contributed by atoms with Gasteiger partial charge in [0.15, 0.2) is 4.34 Å². The van der Waals surface area contributed by atoms with Gasteiger partial charge in [-0.3, -0.25) is 5.32 Å². The van der Waals surface area contributed by atoms with Crippen molar-refractivity contribution in [3.8, 4) is 6.07 Å². The molecule has 4 nitrogen and oxygen atoms in total. The van der Waals surface area contributed by atoms with Crippen molar-refractivity contribution in [3.63, 3.8) is 0 Å². The third kappa shape index (κ3) is 3.44. The summed E-state index contributed by atoms with van der Waals surface area (Å²) in [6.07, 6.45) is 4.11. The molecule has 2 atom stereocenters. The lowest BCUT2D eigenvalue weighted by Crippen LogP contribution is -2.51. The van der Waals surface area contributed by atoms with Gasteiger partial charge >= 0.3 is 0 Å². The number of aromatic nitrogens is 2. The Kier molecular flexibility index (Phi) is 4.60. The Morgan fingerprint density at radius 3 is 3.11 bits per heavy atom. The van der Waals surface area contributed by atoms with Crippen molar-refractivity contribution < 1.29 is 0 Å². The first-order chi connectivity index (χ1) is 8.63. The molecule has 0 radical (unpaired) electrons. The molecular formula is C12H18N4S2. The van der Waals surface area contributed by atoms with Gasteiger partial charge in [0.2, 0.25) is 0 Å². The minimum atomic E-state index is -0.352. The highest BCUT2D eigenvalue weighted by atomic mass is 32.2. The van der Waals surface area contributed by atoms with Crippen LogP contribution >= 0.6 is 23.1 Å². The van der Waals surface area contributed by atoms with Crippen LogP contribution in [0.5, 0.6) is 0 Å². The van der Waals surface area contributed by atoms with Crippen LogP contribution in [0, 0.1) is 11.3 Å². The number of hydrogen-bond donors (Lipinski definition) is 1.